The van der Waals surface area contributed by atoms with E-state index < -0.39 is 0 Å². The Bertz CT molecular complexity index is 141. The summed E-state index contributed by atoms with van der Waals surface area (Å²) >= 11 is 0. The van der Waals surface area contributed by atoms with Gasteiger partial charge in [-0.3, -0.25) is 0 Å². The van der Waals surface area contributed by atoms with Crippen molar-refractivity contribution in [3.63, 3.8) is 0 Å². The van der Waals surface area contributed by atoms with E-state index in [0.29, 0.717) is 6.04 Å². The first-order valence-corrected chi connectivity index (χ1v) is 5.85. The molecule has 0 bridgehead atoms. The van der Waals surface area contributed by atoms with Crippen molar-refractivity contribution in [2.75, 3.05) is 19.8 Å². The summed E-state index contributed by atoms with van der Waals surface area (Å²) in [5.74, 6) is 0. The maximum Gasteiger partial charge on any atom is 0.0480 e. The van der Waals surface area contributed by atoms with E-state index in [1.165, 1.54) is 32.2 Å². The van der Waals surface area contributed by atoms with Crippen LogP contribution in [0.25, 0.3) is 0 Å². The monoisotopic (exact) mass is 197 g/mol. The van der Waals surface area contributed by atoms with Gasteiger partial charge in [0.2, 0.25) is 0 Å². The average molecular weight is 197 g/mol. The first-order valence-electron chi connectivity index (χ1n) is 5.85. The number of hydrogen-bond donors (Lipinski definition) is 1. The second-order valence-corrected chi connectivity index (χ2v) is 3.98. The molecule has 0 amide bonds. The van der Waals surface area contributed by atoms with E-state index in [2.05, 4.69) is 11.9 Å². The van der Waals surface area contributed by atoms with Crippen LogP contribution >= 0.6 is 0 Å². The molecule has 0 saturated carbocycles. The number of ether oxygens (including phenoxy) is 1. The predicted octanol–water partition coefficient (Wildman–Crippen LogP) is 2.50. The molecule has 1 N–H and O–H groups in total. The molecule has 1 aliphatic heterocycles. The summed E-state index contributed by atoms with van der Waals surface area (Å²) in [5, 5.41) is 3.52. The van der Waals surface area contributed by atoms with Crippen molar-refractivity contribution in [2.24, 2.45) is 0 Å². The van der Waals surface area contributed by atoms with Gasteiger partial charge in [-0.05, 0) is 38.6 Å². The van der Waals surface area contributed by atoms with Gasteiger partial charge in [0, 0.05) is 19.3 Å². The first-order chi connectivity index (χ1) is 6.93. The van der Waals surface area contributed by atoms with Crippen LogP contribution in [0, 0.1) is 0 Å². The van der Waals surface area contributed by atoms with Crippen molar-refractivity contribution >= 4 is 0 Å². The van der Waals surface area contributed by atoms with Crippen LogP contribution in [-0.2, 0) is 4.74 Å². The van der Waals surface area contributed by atoms with E-state index in [4.69, 9.17) is 4.74 Å². The second-order valence-electron chi connectivity index (χ2n) is 3.98. The second kappa shape index (κ2) is 8.01. The van der Waals surface area contributed by atoms with Crippen LogP contribution in [0.1, 0.15) is 38.5 Å². The lowest BCUT2D eigenvalue weighted by Gasteiger charge is -2.23. The van der Waals surface area contributed by atoms with Crippen LogP contribution < -0.4 is 5.32 Å². The fourth-order valence-corrected chi connectivity index (χ4v) is 1.83. The van der Waals surface area contributed by atoms with Crippen molar-refractivity contribution in [1.29, 1.82) is 0 Å². The molecule has 1 rings (SSSR count). The first kappa shape index (κ1) is 11.7. The summed E-state index contributed by atoms with van der Waals surface area (Å²) in [6.07, 6.45) is 9.37. The summed E-state index contributed by atoms with van der Waals surface area (Å²) in [4.78, 5) is 0. The van der Waals surface area contributed by atoms with Crippen molar-refractivity contribution < 1.29 is 4.74 Å². The zero-order chi connectivity index (χ0) is 10.1. The van der Waals surface area contributed by atoms with Gasteiger partial charge in [-0.25, -0.2) is 0 Å². The third kappa shape index (κ3) is 5.40. The van der Waals surface area contributed by atoms with E-state index in [9.17, 15) is 0 Å². The SMILES string of the molecule is C=CCCCOCC[C@H]1CCCCN1. The molecule has 1 heterocycles. The Balaban J connectivity index is 1.85. The topological polar surface area (TPSA) is 21.3 Å². The highest BCUT2D eigenvalue weighted by atomic mass is 16.5. The lowest BCUT2D eigenvalue weighted by Crippen LogP contribution is -2.34. The van der Waals surface area contributed by atoms with E-state index in [1.54, 1.807) is 0 Å². The fraction of sp³-hybridized carbons (Fsp3) is 0.833. The maximum atomic E-state index is 5.55. The quantitative estimate of drug-likeness (QED) is 0.500. The number of unbranched alkanes of at least 4 members (excludes halogenated alkanes) is 1. The van der Waals surface area contributed by atoms with Crippen LogP contribution in [0.4, 0.5) is 0 Å². The Hall–Kier alpha value is -0.340. The van der Waals surface area contributed by atoms with Gasteiger partial charge in [0.1, 0.15) is 0 Å². The maximum absolute atomic E-state index is 5.55. The van der Waals surface area contributed by atoms with Crippen LogP contribution in [0.5, 0.6) is 0 Å². The summed E-state index contributed by atoms with van der Waals surface area (Å²) in [6.45, 7) is 6.68. The molecule has 0 radical (unpaired) electrons. The van der Waals surface area contributed by atoms with Crippen LogP contribution in [0.3, 0.4) is 0 Å². The summed E-state index contributed by atoms with van der Waals surface area (Å²) in [5.41, 5.74) is 0. The van der Waals surface area contributed by atoms with Gasteiger partial charge < -0.3 is 10.1 Å². The van der Waals surface area contributed by atoms with Crippen molar-refractivity contribution in [3.05, 3.63) is 12.7 Å². The largest absolute Gasteiger partial charge is 0.381 e. The number of hydrogen-bond acceptors (Lipinski definition) is 2. The molecule has 0 unspecified atom stereocenters. The number of nitrogens with one attached hydrogen (secondary N) is 1. The summed E-state index contributed by atoms with van der Waals surface area (Å²) in [7, 11) is 0. The highest BCUT2D eigenvalue weighted by Gasteiger charge is 2.11. The summed E-state index contributed by atoms with van der Waals surface area (Å²) in [6, 6.07) is 0.711. The fourth-order valence-electron chi connectivity index (χ4n) is 1.83. The molecule has 0 aromatic carbocycles. The lowest BCUT2D eigenvalue weighted by molar-refractivity contribution is 0.119. The molecule has 1 fully saturated rings. The molecule has 0 aliphatic carbocycles. The van der Waals surface area contributed by atoms with Crippen molar-refractivity contribution in [3.8, 4) is 0 Å². The molecule has 0 aromatic rings. The van der Waals surface area contributed by atoms with Crippen molar-refractivity contribution in [1.82, 2.24) is 5.32 Å². The van der Waals surface area contributed by atoms with E-state index in [-0.39, 0.29) is 0 Å². The average Bonchev–Trinajstić information content (AvgIpc) is 2.25. The number of rotatable bonds is 7. The van der Waals surface area contributed by atoms with E-state index in [1.807, 2.05) is 6.08 Å². The molecule has 1 atom stereocenters. The molecule has 0 spiro atoms. The Morgan fingerprint density at radius 1 is 1.36 bits per heavy atom. The van der Waals surface area contributed by atoms with Crippen LogP contribution in [0.15, 0.2) is 12.7 Å². The highest BCUT2D eigenvalue weighted by molar-refractivity contribution is 4.71. The van der Waals surface area contributed by atoms with Crippen LogP contribution in [-0.4, -0.2) is 25.8 Å². The highest BCUT2D eigenvalue weighted by Crippen LogP contribution is 2.09. The normalized spacial score (nSPS) is 22.1. The molecule has 1 aliphatic rings. The molecule has 1 saturated heterocycles. The standard InChI is InChI=1S/C12H23NO/c1-2-3-6-10-14-11-8-12-7-4-5-9-13-12/h2,12-13H,1,3-11H2/t12-/m1/s1. The van der Waals surface area contributed by atoms with Crippen molar-refractivity contribution in [2.45, 2.75) is 44.6 Å². The van der Waals surface area contributed by atoms with E-state index >= 15 is 0 Å². The van der Waals surface area contributed by atoms with Gasteiger partial charge in [0.25, 0.3) is 0 Å². The number of piperidine rings is 1. The molecule has 14 heavy (non-hydrogen) atoms. The lowest BCUT2D eigenvalue weighted by atomic mass is 10.0. The molecule has 2 heteroatoms. The van der Waals surface area contributed by atoms with Crippen LogP contribution in [0.2, 0.25) is 0 Å². The smallest absolute Gasteiger partial charge is 0.0480 e. The molecule has 0 aromatic heterocycles. The predicted molar refractivity (Wildman–Crippen MR) is 60.5 cm³/mol. The Kier molecular flexibility index (Phi) is 6.71. The Labute approximate surface area is 87.7 Å². The Morgan fingerprint density at radius 3 is 3.00 bits per heavy atom. The van der Waals surface area contributed by atoms with Gasteiger partial charge in [0.05, 0.1) is 0 Å². The van der Waals surface area contributed by atoms with E-state index in [0.717, 1.165) is 26.1 Å². The molecule has 2 nitrogen and oxygen atoms in total. The minimum absolute atomic E-state index is 0.711. The minimum Gasteiger partial charge on any atom is -0.381 e. The Morgan fingerprint density at radius 2 is 2.29 bits per heavy atom. The van der Waals surface area contributed by atoms with Gasteiger partial charge in [0.15, 0.2) is 0 Å². The third-order valence-corrected chi connectivity index (χ3v) is 2.72. The molecule has 82 valence electrons. The number of allylic oxidation sites excluding steroid dienone is 1. The minimum atomic E-state index is 0.711. The summed E-state index contributed by atoms with van der Waals surface area (Å²) < 4.78 is 5.55. The molecular formula is C12H23NO. The van der Waals surface area contributed by atoms with Gasteiger partial charge >= 0.3 is 0 Å². The zero-order valence-corrected chi connectivity index (χ0v) is 9.13. The van der Waals surface area contributed by atoms with Gasteiger partial charge in [-0.15, -0.1) is 6.58 Å². The van der Waals surface area contributed by atoms with Gasteiger partial charge in [-0.2, -0.15) is 0 Å². The van der Waals surface area contributed by atoms with Gasteiger partial charge in [-0.1, -0.05) is 12.5 Å². The zero-order valence-electron chi connectivity index (χ0n) is 9.13. The molecular weight excluding hydrogens is 174 g/mol. The third-order valence-electron chi connectivity index (χ3n) is 2.72.